The Morgan fingerprint density at radius 3 is 2.62 bits per heavy atom. The van der Waals surface area contributed by atoms with Gasteiger partial charge >= 0.3 is 5.76 Å². The first-order valence-corrected chi connectivity index (χ1v) is 9.99. The third kappa shape index (κ3) is 3.24. The van der Waals surface area contributed by atoms with Gasteiger partial charge in [0, 0.05) is 23.2 Å². The molecule has 0 spiro atoms. The predicted molar refractivity (Wildman–Crippen MR) is 99.8 cm³/mol. The predicted octanol–water partition coefficient (Wildman–Crippen LogP) is 3.56. The van der Waals surface area contributed by atoms with Crippen LogP contribution in [-0.2, 0) is 22.1 Å². The van der Waals surface area contributed by atoms with Crippen molar-refractivity contribution in [2.75, 3.05) is 7.11 Å². The van der Waals surface area contributed by atoms with Crippen molar-refractivity contribution in [2.24, 2.45) is 0 Å². The van der Waals surface area contributed by atoms with Gasteiger partial charge in [-0.1, -0.05) is 11.6 Å². The first kappa shape index (κ1) is 18.5. The van der Waals surface area contributed by atoms with Crippen LogP contribution in [0.2, 0.25) is 5.02 Å². The van der Waals surface area contributed by atoms with Crippen LogP contribution in [-0.4, -0.2) is 20.1 Å². The number of aromatic nitrogens is 1. The summed E-state index contributed by atoms with van der Waals surface area (Å²) in [5.41, 5.74) is 1.84. The Morgan fingerprint density at radius 1 is 1.23 bits per heavy atom. The number of halogens is 1. The lowest BCUT2D eigenvalue weighted by atomic mass is 10.2. The van der Waals surface area contributed by atoms with Crippen molar-refractivity contribution in [1.29, 1.82) is 0 Å². The molecule has 0 fully saturated rings. The molecule has 1 heterocycles. The minimum absolute atomic E-state index is 0.115. The van der Waals surface area contributed by atoms with Crippen LogP contribution in [0.15, 0.2) is 44.4 Å². The second-order valence-corrected chi connectivity index (χ2v) is 8.31. The van der Waals surface area contributed by atoms with Crippen molar-refractivity contribution in [1.82, 2.24) is 4.57 Å². The lowest BCUT2D eigenvalue weighted by molar-refractivity contribution is 0.411. The van der Waals surface area contributed by atoms with Gasteiger partial charge in [0.15, 0.2) is 15.4 Å². The number of methoxy groups -OCH3 is 1. The summed E-state index contributed by atoms with van der Waals surface area (Å²) in [5, 5.41) is 0.425. The molecule has 3 rings (SSSR count). The Kier molecular flexibility index (Phi) is 4.86. The minimum Gasteiger partial charge on any atom is -0.496 e. The third-order valence-electron chi connectivity index (χ3n) is 4.20. The summed E-state index contributed by atoms with van der Waals surface area (Å²) in [5.74, 6) is -0.338. The minimum atomic E-state index is -3.71. The zero-order valence-corrected chi connectivity index (χ0v) is 16.1. The van der Waals surface area contributed by atoms with Gasteiger partial charge in [0.1, 0.15) is 5.75 Å². The van der Waals surface area contributed by atoms with Crippen LogP contribution in [0.4, 0.5) is 0 Å². The molecule has 0 amide bonds. The summed E-state index contributed by atoms with van der Waals surface area (Å²) in [6.07, 6.45) is 0. The lowest BCUT2D eigenvalue weighted by Gasteiger charge is -2.11. The molecule has 0 aliphatic carbocycles. The van der Waals surface area contributed by atoms with E-state index in [4.69, 9.17) is 20.8 Å². The van der Waals surface area contributed by atoms with Crippen LogP contribution in [0.3, 0.4) is 0 Å². The summed E-state index contributed by atoms with van der Waals surface area (Å²) in [6.45, 7) is 3.96. The van der Waals surface area contributed by atoms with Crippen LogP contribution < -0.4 is 10.5 Å². The van der Waals surface area contributed by atoms with Crippen molar-refractivity contribution in [3.8, 4) is 5.75 Å². The molecule has 0 radical (unpaired) electrons. The first-order valence-electron chi connectivity index (χ1n) is 7.96. The van der Waals surface area contributed by atoms with E-state index in [1.54, 1.807) is 31.2 Å². The summed E-state index contributed by atoms with van der Waals surface area (Å²) >= 11 is 5.99. The highest BCUT2D eigenvalue weighted by Gasteiger charge is 2.23. The topological polar surface area (TPSA) is 78.5 Å². The van der Waals surface area contributed by atoms with Gasteiger partial charge in [-0.2, -0.15) is 0 Å². The average Bonchev–Trinajstić information content (AvgIpc) is 2.88. The summed E-state index contributed by atoms with van der Waals surface area (Å²) in [7, 11) is -2.23. The van der Waals surface area contributed by atoms with E-state index in [1.807, 2.05) is 6.92 Å². The largest absolute Gasteiger partial charge is 0.496 e. The fraction of sp³-hybridized carbons (Fsp3) is 0.278. The highest BCUT2D eigenvalue weighted by atomic mass is 35.5. The third-order valence-corrected chi connectivity index (χ3v) is 6.24. The molecule has 3 aromatic rings. The monoisotopic (exact) mass is 395 g/mol. The number of hydrogen-bond acceptors (Lipinski definition) is 5. The molecule has 26 heavy (non-hydrogen) atoms. The molecule has 2 aromatic carbocycles. The van der Waals surface area contributed by atoms with Crippen molar-refractivity contribution in [3.63, 3.8) is 0 Å². The van der Waals surface area contributed by atoms with Gasteiger partial charge in [-0.25, -0.2) is 13.2 Å². The lowest BCUT2D eigenvalue weighted by Crippen LogP contribution is -2.12. The van der Waals surface area contributed by atoms with E-state index in [0.29, 0.717) is 34.0 Å². The molecule has 0 aliphatic rings. The summed E-state index contributed by atoms with van der Waals surface area (Å²) in [4.78, 5) is 12.0. The van der Waals surface area contributed by atoms with Crippen molar-refractivity contribution in [2.45, 2.75) is 31.0 Å². The molecule has 0 atom stereocenters. The smallest absolute Gasteiger partial charge is 0.419 e. The Balaban J connectivity index is 2.12. The Morgan fingerprint density at radius 2 is 1.96 bits per heavy atom. The number of fused-ring (bicyclic) bond motifs is 1. The van der Waals surface area contributed by atoms with E-state index in [-0.39, 0.29) is 16.2 Å². The molecular formula is C18H18ClNO5S. The second-order valence-electron chi connectivity index (χ2n) is 5.91. The Bertz CT molecular complexity index is 1140. The molecule has 8 heteroatoms. The quantitative estimate of drug-likeness (QED) is 0.660. The Hall–Kier alpha value is -2.25. The summed E-state index contributed by atoms with van der Waals surface area (Å²) in [6, 6.07) is 7.90. The number of hydrogen-bond donors (Lipinski definition) is 0. The number of sulfone groups is 1. The molecule has 0 saturated heterocycles. The average molecular weight is 396 g/mol. The fourth-order valence-corrected chi connectivity index (χ4v) is 4.79. The number of nitrogens with zero attached hydrogens (tertiary/aromatic N) is 1. The SMILES string of the molecule is CCn1c(=O)oc2cc(S(=O)(=O)Cc3cc(Cl)ccc3OC)c(C)cc21. The molecule has 0 N–H and O–H groups in total. The van der Waals surface area contributed by atoms with Crippen LogP contribution in [0.5, 0.6) is 5.75 Å². The van der Waals surface area contributed by atoms with Crippen LogP contribution >= 0.6 is 11.6 Å². The molecular weight excluding hydrogens is 378 g/mol. The van der Waals surface area contributed by atoms with Gasteiger partial charge < -0.3 is 9.15 Å². The van der Waals surface area contributed by atoms with Gasteiger partial charge in [0.2, 0.25) is 0 Å². The van der Waals surface area contributed by atoms with Gasteiger partial charge in [-0.3, -0.25) is 4.57 Å². The molecule has 138 valence electrons. The van der Waals surface area contributed by atoms with E-state index in [0.717, 1.165) is 0 Å². The summed E-state index contributed by atoms with van der Waals surface area (Å²) < 4.78 is 37.8. The van der Waals surface area contributed by atoms with E-state index >= 15 is 0 Å². The van der Waals surface area contributed by atoms with Gasteiger partial charge in [0.05, 0.1) is 23.3 Å². The highest BCUT2D eigenvalue weighted by molar-refractivity contribution is 7.90. The standard InChI is InChI=1S/C18H18ClNO5S/c1-4-20-14-7-11(2)17(9-16(14)25-18(20)21)26(22,23)10-12-8-13(19)5-6-15(12)24-3/h5-9H,4,10H2,1-3H3. The van der Waals surface area contributed by atoms with E-state index in [2.05, 4.69) is 0 Å². The van der Waals surface area contributed by atoms with Crippen molar-refractivity contribution < 1.29 is 17.6 Å². The molecule has 0 saturated carbocycles. The maximum absolute atomic E-state index is 13.0. The zero-order chi connectivity index (χ0) is 19.1. The number of rotatable bonds is 5. The van der Waals surface area contributed by atoms with Crippen LogP contribution in [0.1, 0.15) is 18.1 Å². The molecule has 0 unspecified atom stereocenters. The molecule has 0 aliphatic heterocycles. The molecule has 0 bridgehead atoms. The first-order chi connectivity index (χ1) is 12.3. The normalized spacial score (nSPS) is 11.8. The number of ether oxygens (including phenoxy) is 1. The number of oxazole rings is 1. The fourth-order valence-electron chi connectivity index (χ4n) is 2.97. The second kappa shape index (κ2) is 6.81. The number of benzene rings is 2. The molecule has 6 nitrogen and oxygen atoms in total. The van der Waals surface area contributed by atoms with Gasteiger partial charge in [-0.15, -0.1) is 0 Å². The van der Waals surface area contributed by atoms with Crippen molar-refractivity contribution in [3.05, 3.63) is 57.0 Å². The number of aryl methyl sites for hydroxylation is 2. The van der Waals surface area contributed by atoms with E-state index in [1.165, 1.54) is 17.7 Å². The Labute approximate surface area is 155 Å². The van der Waals surface area contributed by atoms with E-state index < -0.39 is 15.6 Å². The maximum atomic E-state index is 13.0. The van der Waals surface area contributed by atoms with Gasteiger partial charge in [0.25, 0.3) is 0 Å². The zero-order valence-electron chi connectivity index (χ0n) is 14.6. The van der Waals surface area contributed by atoms with Crippen LogP contribution in [0.25, 0.3) is 11.1 Å². The van der Waals surface area contributed by atoms with E-state index in [9.17, 15) is 13.2 Å². The highest BCUT2D eigenvalue weighted by Crippen LogP contribution is 2.30. The molecule has 1 aromatic heterocycles. The maximum Gasteiger partial charge on any atom is 0.419 e. The van der Waals surface area contributed by atoms with Crippen molar-refractivity contribution >= 4 is 32.5 Å². The van der Waals surface area contributed by atoms with Crippen LogP contribution in [0, 0.1) is 6.92 Å². The van der Waals surface area contributed by atoms with Gasteiger partial charge in [-0.05, 0) is 43.7 Å².